The molecular weight excluding hydrogens is 290 g/mol. The van der Waals surface area contributed by atoms with E-state index in [1.54, 1.807) is 24.3 Å². The standard InChI is InChI=1S/C19H19NO3/c21-18(11-8-14-6-9-16(10-7-14)19(22)23)20-13-12-17(20)15-4-2-1-3-5-15/h1-7,9-10,17H,8,11-13H2,(H,22,23). The molecule has 1 saturated heterocycles. The molecule has 1 fully saturated rings. The average molecular weight is 309 g/mol. The highest BCUT2D eigenvalue weighted by molar-refractivity contribution is 5.87. The number of benzene rings is 2. The van der Waals surface area contributed by atoms with E-state index in [1.807, 2.05) is 23.1 Å². The Balaban J connectivity index is 1.56. The first-order valence-corrected chi connectivity index (χ1v) is 7.82. The van der Waals surface area contributed by atoms with Gasteiger partial charge in [0.05, 0.1) is 11.6 Å². The number of nitrogens with zero attached hydrogens (tertiary/aromatic N) is 1. The summed E-state index contributed by atoms with van der Waals surface area (Å²) in [6.07, 6.45) is 2.11. The smallest absolute Gasteiger partial charge is 0.335 e. The first-order valence-electron chi connectivity index (χ1n) is 7.82. The molecule has 0 aromatic heterocycles. The molecule has 0 radical (unpaired) electrons. The van der Waals surface area contributed by atoms with Gasteiger partial charge in [0.2, 0.25) is 5.91 Å². The summed E-state index contributed by atoms with van der Waals surface area (Å²) in [5.74, 6) is -0.772. The highest BCUT2D eigenvalue weighted by Gasteiger charge is 2.32. The van der Waals surface area contributed by atoms with E-state index in [0.717, 1.165) is 18.5 Å². The summed E-state index contributed by atoms with van der Waals surface area (Å²) in [5.41, 5.74) is 2.45. The number of carbonyl (C=O) groups excluding carboxylic acids is 1. The highest BCUT2D eigenvalue weighted by atomic mass is 16.4. The van der Waals surface area contributed by atoms with Crippen molar-refractivity contribution in [3.8, 4) is 0 Å². The van der Waals surface area contributed by atoms with Gasteiger partial charge in [0.1, 0.15) is 0 Å². The van der Waals surface area contributed by atoms with Gasteiger partial charge in [-0.1, -0.05) is 42.5 Å². The van der Waals surface area contributed by atoms with Gasteiger partial charge in [-0.3, -0.25) is 4.79 Å². The SMILES string of the molecule is O=C(O)c1ccc(CCC(=O)N2CCC2c2ccccc2)cc1. The van der Waals surface area contributed by atoms with Crippen molar-refractivity contribution in [1.82, 2.24) is 4.90 Å². The summed E-state index contributed by atoms with van der Waals surface area (Å²) in [6, 6.07) is 17.0. The van der Waals surface area contributed by atoms with Crippen LogP contribution in [-0.2, 0) is 11.2 Å². The molecule has 1 heterocycles. The van der Waals surface area contributed by atoms with Crippen molar-refractivity contribution < 1.29 is 14.7 Å². The molecule has 1 N–H and O–H groups in total. The molecule has 0 spiro atoms. The maximum Gasteiger partial charge on any atom is 0.335 e. The van der Waals surface area contributed by atoms with Gasteiger partial charge in [-0.05, 0) is 36.1 Å². The van der Waals surface area contributed by atoms with Crippen molar-refractivity contribution in [1.29, 1.82) is 0 Å². The van der Waals surface area contributed by atoms with Gasteiger partial charge in [-0.15, -0.1) is 0 Å². The number of amides is 1. The number of carboxylic acids is 1. The molecule has 4 heteroatoms. The number of likely N-dealkylation sites (tertiary alicyclic amines) is 1. The summed E-state index contributed by atoms with van der Waals surface area (Å²) in [5, 5.41) is 8.88. The van der Waals surface area contributed by atoms with E-state index in [1.165, 1.54) is 5.56 Å². The molecule has 1 atom stereocenters. The summed E-state index contributed by atoms with van der Waals surface area (Å²) < 4.78 is 0. The fourth-order valence-corrected chi connectivity index (χ4v) is 2.92. The monoisotopic (exact) mass is 309 g/mol. The normalized spacial score (nSPS) is 16.7. The maximum atomic E-state index is 12.4. The Labute approximate surface area is 135 Å². The van der Waals surface area contributed by atoms with E-state index in [4.69, 9.17) is 5.11 Å². The average Bonchev–Trinajstić information content (AvgIpc) is 2.53. The molecule has 4 nitrogen and oxygen atoms in total. The molecule has 118 valence electrons. The Bertz CT molecular complexity index is 694. The number of aryl methyl sites for hydroxylation is 1. The van der Waals surface area contributed by atoms with Crippen molar-refractivity contribution in [3.05, 3.63) is 71.3 Å². The van der Waals surface area contributed by atoms with E-state index >= 15 is 0 Å². The first-order chi connectivity index (χ1) is 11.1. The van der Waals surface area contributed by atoms with Gasteiger partial charge in [0, 0.05) is 13.0 Å². The Morgan fingerprint density at radius 2 is 1.74 bits per heavy atom. The topological polar surface area (TPSA) is 57.6 Å². The highest BCUT2D eigenvalue weighted by Crippen LogP contribution is 2.33. The predicted molar refractivity (Wildman–Crippen MR) is 87.2 cm³/mol. The molecule has 0 bridgehead atoms. The lowest BCUT2D eigenvalue weighted by Gasteiger charge is -2.41. The maximum absolute atomic E-state index is 12.4. The minimum atomic E-state index is -0.932. The van der Waals surface area contributed by atoms with Crippen molar-refractivity contribution in [2.24, 2.45) is 0 Å². The summed E-state index contributed by atoms with van der Waals surface area (Å²) in [4.78, 5) is 25.1. The molecule has 1 amide bonds. The van der Waals surface area contributed by atoms with Crippen molar-refractivity contribution in [2.75, 3.05) is 6.54 Å². The van der Waals surface area contributed by atoms with Gasteiger partial charge >= 0.3 is 5.97 Å². The fraction of sp³-hybridized carbons (Fsp3) is 0.263. The van der Waals surface area contributed by atoms with Crippen LogP contribution in [0.3, 0.4) is 0 Å². The van der Waals surface area contributed by atoms with E-state index in [9.17, 15) is 9.59 Å². The number of carboxylic acid groups (broad SMARTS) is 1. The van der Waals surface area contributed by atoms with Crippen LogP contribution < -0.4 is 0 Å². The van der Waals surface area contributed by atoms with Gasteiger partial charge in [0.25, 0.3) is 0 Å². The predicted octanol–water partition coefficient (Wildman–Crippen LogP) is 3.29. The molecule has 2 aromatic rings. The lowest BCUT2D eigenvalue weighted by molar-refractivity contribution is -0.139. The number of hydrogen-bond acceptors (Lipinski definition) is 2. The Morgan fingerprint density at radius 1 is 1.04 bits per heavy atom. The molecule has 0 aliphatic carbocycles. The number of aromatic carboxylic acids is 1. The third-order valence-electron chi connectivity index (χ3n) is 4.35. The number of rotatable bonds is 5. The Kier molecular flexibility index (Phi) is 4.42. The zero-order valence-corrected chi connectivity index (χ0v) is 12.8. The summed E-state index contributed by atoms with van der Waals surface area (Å²) in [6.45, 7) is 0.816. The van der Waals surface area contributed by atoms with Crippen LogP contribution in [0.4, 0.5) is 0 Å². The van der Waals surface area contributed by atoms with E-state index in [2.05, 4.69) is 12.1 Å². The second kappa shape index (κ2) is 6.65. The van der Waals surface area contributed by atoms with E-state index in [-0.39, 0.29) is 17.5 Å². The van der Waals surface area contributed by atoms with Crippen LogP contribution in [0.1, 0.15) is 40.4 Å². The molecule has 2 aromatic carbocycles. The molecule has 0 saturated carbocycles. The Hall–Kier alpha value is -2.62. The van der Waals surface area contributed by atoms with E-state index in [0.29, 0.717) is 12.8 Å². The number of hydrogen-bond donors (Lipinski definition) is 1. The van der Waals surface area contributed by atoms with Crippen LogP contribution in [0.25, 0.3) is 0 Å². The van der Waals surface area contributed by atoms with Crippen molar-refractivity contribution in [2.45, 2.75) is 25.3 Å². The first kappa shape index (κ1) is 15.3. The summed E-state index contributed by atoms with van der Waals surface area (Å²) >= 11 is 0. The van der Waals surface area contributed by atoms with Crippen LogP contribution in [-0.4, -0.2) is 28.4 Å². The second-order valence-electron chi connectivity index (χ2n) is 5.80. The van der Waals surface area contributed by atoms with E-state index < -0.39 is 5.97 Å². The zero-order valence-electron chi connectivity index (χ0n) is 12.8. The second-order valence-corrected chi connectivity index (χ2v) is 5.80. The third kappa shape index (κ3) is 3.42. The molecule has 3 rings (SSSR count). The minimum Gasteiger partial charge on any atom is -0.478 e. The van der Waals surface area contributed by atoms with Crippen molar-refractivity contribution >= 4 is 11.9 Å². The lowest BCUT2D eigenvalue weighted by Crippen LogP contribution is -2.45. The van der Waals surface area contributed by atoms with Crippen molar-refractivity contribution in [3.63, 3.8) is 0 Å². The fourth-order valence-electron chi connectivity index (χ4n) is 2.92. The van der Waals surface area contributed by atoms with Gasteiger partial charge in [0.15, 0.2) is 0 Å². The van der Waals surface area contributed by atoms with Crippen LogP contribution >= 0.6 is 0 Å². The minimum absolute atomic E-state index is 0.160. The van der Waals surface area contributed by atoms with Crippen LogP contribution in [0, 0.1) is 0 Å². The largest absolute Gasteiger partial charge is 0.478 e. The third-order valence-corrected chi connectivity index (χ3v) is 4.35. The quantitative estimate of drug-likeness (QED) is 0.922. The lowest BCUT2D eigenvalue weighted by atomic mass is 9.94. The molecule has 1 unspecified atom stereocenters. The molecule has 1 aliphatic heterocycles. The van der Waals surface area contributed by atoms with Gasteiger partial charge < -0.3 is 10.0 Å². The van der Waals surface area contributed by atoms with Gasteiger partial charge in [-0.2, -0.15) is 0 Å². The van der Waals surface area contributed by atoms with Gasteiger partial charge in [-0.25, -0.2) is 4.79 Å². The summed E-state index contributed by atoms with van der Waals surface area (Å²) in [7, 11) is 0. The van der Waals surface area contributed by atoms with Crippen LogP contribution in [0.15, 0.2) is 54.6 Å². The molecule has 23 heavy (non-hydrogen) atoms. The number of carbonyl (C=O) groups is 2. The molecule has 1 aliphatic rings. The van der Waals surface area contributed by atoms with Crippen LogP contribution in [0.5, 0.6) is 0 Å². The Morgan fingerprint density at radius 3 is 2.30 bits per heavy atom. The van der Waals surface area contributed by atoms with Crippen LogP contribution in [0.2, 0.25) is 0 Å². The molecular formula is C19H19NO3. The zero-order chi connectivity index (χ0) is 16.2.